The van der Waals surface area contributed by atoms with Gasteiger partial charge in [0.1, 0.15) is 10.8 Å². The number of fused-ring (bicyclic) bond motifs is 2. The summed E-state index contributed by atoms with van der Waals surface area (Å²) in [7, 11) is 0. The molecule has 2 aliphatic rings. The molecular formula is C25H33N5OS. The number of thiazole rings is 1. The van der Waals surface area contributed by atoms with Gasteiger partial charge < -0.3 is 15.7 Å². The number of hydrogen-bond acceptors (Lipinski definition) is 7. The third-order valence-electron chi connectivity index (χ3n) is 7.78. The lowest BCUT2D eigenvalue weighted by Crippen LogP contribution is -2.31. The molecule has 170 valence electrons. The van der Waals surface area contributed by atoms with Gasteiger partial charge in [0, 0.05) is 18.0 Å². The first-order chi connectivity index (χ1) is 15.4. The van der Waals surface area contributed by atoms with Crippen molar-refractivity contribution in [1.82, 2.24) is 15.0 Å². The fourth-order valence-corrected chi connectivity index (χ4v) is 6.49. The number of aliphatic hydroxyl groups is 1. The number of benzene rings is 1. The molecule has 0 saturated heterocycles. The highest BCUT2D eigenvalue weighted by Crippen LogP contribution is 2.66. The van der Waals surface area contributed by atoms with E-state index in [1.807, 2.05) is 13.0 Å². The smallest absolute Gasteiger partial charge is 0.224 e. The van der Waals surface area contributed by atoms with E-state index in [1.165, 1.54) is 17.5 Å². The van der Waals surface area contributed by atoms with Crippen LogP contribution < -0.4 is 10.6 Å². The molecule has 5 rings (SSSR count). The minimum absolute atomic E-state index is 0.0248. The van der Waals surface area contributed by atoms with E-state index in [-0.39, 0.29) is 17.6 Å². The molecule has 0 spiro atoms. The molecule has 1 aromatic carbocycles. The maximum atomic E-state index is 10.3. The highest BCUT2D eigenvalue weighted by atomic mass is 32.1. The van der Waals surface area contributed by atoms with Crippen LogP contribution in [0.15, 0.2) is 24.3 Å². The Kier molecular flexibility index (Phi) is 5.58. The van der Waals surface area contributed by atoms with Gasteiger partial charge in [0.05, 0.1) is 27.6 Å². The Hall–Kier alpha value is -2.25. The van der Waals surface area contributed by atoms with Crippen molar-refractivity contribution >= 4 is 33.3 Å². The number of aromatic nitrogens is 3. The molecule has 32 heavy (non-hydrogen) atoms. The molecule has 2 saturated carbocycles. The van der Waals surface area contributed by atoms with E-state index in [9.17, 15) is 5.11 Å². The van der Waals surface area contributed by atoms with E-state index in [4.69, 9.17) is 15.0 Å². The van der Waals surface area contributed by atoms with Gasteiger partial charge in [-0.3, -0.25) is 0 Å². The molecule has 6 nitrogen and oxygen atoms in total. The second-order valence-electron chi connectivity index (χ2n) is 9.67. The van der Waals surface area contributed by atoms with E-state index in [2.05, 4.69) is 49.6 Å². The molecule has 2 aromatic heterocycles. The molecule has 3 aromatic rings. The van der Waals surface area contributed by atoms with Crippen molar-refractivity contribution in [1.29, 1.82) is 0 Å². The molecule has 1 unspecified atom stereocenters. The molecule has 2 fully saturated rings. The number of nitrogens with one attached hydrogen (secondary N) is 2. The third-order valence-corrected chi connectivity index (χ3v) is 8.84. The number of aliphatic hydroxyl groups excluding tert-OH is 1. The average molecular weight is 452 g/mol. The predicted molar refractivity (Wildman–Crippen MR) is 132 cm³/mol. The van der Waals surface area contributed by atoms with Crippen molar-refractivity contribution in [3.8, 4) is 10.6 Å². The summed E-state index contributed by atoms with van der Waals surface area (Å²) in [5.74, 6) is 2.29. The lowest BCUT2D eigenvalue weighted by molar-refractivity contribution is 0.175. The Morgan fingerprint density at radius 2 is 2.00 bits per heavy atom. The maximum absolute atomic E-state index is 10.3. The topological polar surface area (TPSA) is 83.0 Å². The molecule has 0 amide bonds. The summed E-state index contributed by atoms with van der Waals surface area (Å²) in [6, 6.07) is 8.52. The van der Waals surface area contributed by atoms with E-state index < -0.39 is 0 Å². The minimum atomic E-state index is -0.165. The molecule has 2 aliphatic carbocycles. The molecule has 0 bridgehead atoms. The van der Waals surface area contributed by atoms with Crippen LogP contribution in [0.5, 0.6) is 0 Å². The van der Waals surface area contributed by atoms with Gasteiger partial charge in [0.2, 0.25) is 5.95 Å². The number of rotatable bonds is 8. The normalized spacial score (nSPS) is 28.7. The van der Waals surface area contributed by atoms with Crippen molar-refractivity contribution in [2.24, 2.45) is 17.3 Å². The minimum Gasteiger partial charge on any atom is -0.392 e. The van der Waals surface area contributed by atoms with E-state index in [0.29, 0.717) is 17.8 Å². The van der Waals surface area contributed by atoms with Crippen LogP contribution in [0.2, 0.25) is 0 Å². The monoisotopic (exact) mass is 451 g/mol. The van der Waals surface area contributed by atoms with Crippen LogP contribution in [0, 0.1) is 24.2 Å². The quantitative estimate of drug-likeness (QED) is 0.393. The molecule has 2 heterocycles. The van der Waals surface area contributed by atoms with Crippen LogP contribution >= 0.6 is 11.3 Å². The summed E-state index contributed by atoms with van der Waals surface area (Å²) in [6.07, 6.45) is 4.31. The number of para-hydroxylation sites is 1. The highest BCUT2D eigenvalue weighted by Gasteiger charge is 2.69. The SMILES string of the molecule is CCCCCNc1nc(C)c(-c2nc3ccccc3s2)c(N[C@@H]2C[C@@H]3C(O)[C@]3(C)[C@H]2C)n1. The summed E-state index contributed by atoms with van der Waals surface area (Å²) in [4.78, 5) is 14.6. The van der Waals surface area contributed by atoms with Crippen molar-refractivity contribution in [2.75, 3.05) is 17.2 Å². The number of aryl methyl sites for hydroxylation is 1. The molecule has 0 aliphatic heterocycles. The average Bonchev–Trinajstić information content (AvgIpc) is 3.07. The first-order valence-corrected chi connectivity index (χ1v) is 12.7. The van der Waals surface area contributed by atoms with Crippen LogP contribution in [0.3, 0.4) is 0 Å². The summed E-state index contributed by atoms with van der Waals surface area (Å²) >= 11 is 1.69. The van der Waals surface area contributed by atoms with E-state index >= 15 is 0 Å². The third kappa shape index (κ3) is 3.55. The highest BCUT2D eigenvalue weighted by molar-refractivity contribution is 7.21. The van der Waals surface area contributed by atoms with Crippen molar-refractivity contribution < 1.29 is 5.11 Å². The van der Waals surface area contributed by atoms with Crippen LogP contribution in [0.25, 0.3) is 20.8 Å². The number of anilines is 2. The number of hydrogen-bond donors (Lipinski definition) is 3. The summed E-state index contributed by atoms with van der Waals surface area (Å²) in [5, 5.41) is 18.5. The standard InChI is InChI=1S/C25H33N5OS/c1-5-6-9-12-26-24-27-15(3)20(23-29-17-10-7-8-11-19(17)32-23)22(30-24)28-18-13-16-21(31)25(16,4)14(18)2/h7-8,10-11,14,16,18,21,31H,5-6,9,12-13H2,1-4H3,(H2,26,27,28,30)/t14-,16+,18+,21?,25+/m0/s1. The number of unbranched alkanes of at least 4 members (excludes halogenated alkanes) is 2. The molecular weight excluding hydrogens is 418 g/mol. The van der Waals surface area contributed by atoms with Gasteiger partial charge in [-0.25, -0.2) is 9.97 Å². The van der Waals surface area contributed by atoms with Gasteiger partial charge in [-0.2, -0.15) is 4.98 Å². The van der Waals surface area contributed by atoms with Crippen molar-refractivity contribution in [3.63, 3.8) is 0 Å². The van der Waals surface area contributed by atoms with Gasteiger partial charge in [-0.05, 0) is 43.7 Å². The Morgan fingerprint density at radius 1 is 1.19 bits per heavy atom. The zero-order valence-corrected chi connectivity index (χ0v) is 20.2. The second-order valence-corrected chi connectivity index (χ2v) is 10.7. The van der Waals surface area contributed by atoms with Crippen LogP contribution in [0.1, 0.15) is 52.1 Å². The number of nitrogens with zero attached hydrogens (tertiary/aromatic N) is 3. The van der Waals surface area contributed by atoms with Crippen LogP contribution in [-0.2, 0) is 0 Å². The zero-order valence-electron chi connectivity index (χ0n) is 19.4. The first kappa shape index (κ1) is 21.6. The van der Waals surface area contributed by atoms with Gasteiger partial charge in [-0.15, -0.1) is 11.3 Å². The van der Waals surface area contributed by atoms with Gasteiger partial charge in [0.15, 0.2) is 0 Å². The van der Waals surface area contributed by atoms with E-state index in [0.717, 1.165) is 47.0 Å². The predicted octanol–water partition coefficient (Wildman–Crippen LogP) is 5.48. The van der Waals surface area contributed by atoms with E-state index in [1.54, 1.807) is 11.3 Å². The molecule has 0 radical (unpaired) electrons. The largest absolute Gasteiger partial charge is 0.392 e. The summed E-state index contributed by atoms with van der Waals surface area (Å²) < 4.78 is 1.17. The van der Waals surface area contributed by atoms with Crippen LogP contribution in [0.4, 0.5) is 11.8 Å². The zero-order chi connectivity index (χ0) is 22.5. The second kappa shape index (κ2) is 8.27. The maximum Gasteiger partial charge on any atom is 0.224 e. The van der Waals surface area contributed by atoms with Crippen molar-refractivity contribution in [3.05, 3.63) is 30.0 Å². The lowest BCUT2D eigenvalue weighted by Gasteiger charge is -2.26. The molecule has 7 heteroatoms. The molecule has 5 atom stereocenters. The van der Waals surface area contributed by atoms with Crippen molar-refractivity contribution in [2.45, 2.75) is 65.5 Å². The Balaban J connectivity index is 1.49. The fourth-order valence-electron chi connectivity index (χ4n) is 5.43. The van der Waals surface area contributed by atoms with Gasteiger partial charge >= 0.3 is 0 Å². The Morgan fingerprint density at radius 3 is 2.72 bits per heavy atom. The van der Waals surface area contributed by atoms with Gasteiger partial charge in [0.25, 0.3) is 0 Å². The Bertz CT molecular complexity index is 1100. The summed E-state index contributed by atoms with van der Waals surface area (Å²) in [5.41, 5.74) is 2.95. The van der Waals surface area contributed by atoms with Gasteiger partial charge in [-0.1, -0.05) is 45.7 Å². The first-order valence-electron chi connectivity index (χ1n) is 11.9. The fraction of sp³-hybridized carbons (Fsp3) is 0.560. The summed E-state index contributed by atoms with van der Waals surface area (Å²) in [6.45, 7) is 9.60. The molecule has 3 N–H and O–H groups in total. The lowest BCUT2D eigenvalue weighted by atomic mass is 9.90. The van der Waals surface area contributed by atoms with Crippen LogP contribution in [-0.4, -0.2) is 38.7 Å². The Labute approximate surface area is 193 Å².